The molecule has 0 atom stereocenters. The van der Waals surface area contributed by atoms with E-state index >= 15 is 0 Å². The number of benzene rings is 2. The molecule has 0 radical (unpaired) electrons. The van der Waals surface area contributed by atoms with Crippen LogP contribution in [0.4, 0.5) is 5.69 Å². The molecular weight excluding hydrogens is 282 g/mol. The quantitative estimate of drug-likeness (QED) is 0.458. The van der Waals surface area contributed by atoms with Crippen LogP contribution in [0.2, 0.25) is 0 Å². The second kappa shape index (κ2) is 6.39. The first kappa shape index (κ1) is 15.7. The number of rotatable bonds is 5. The van der Waals surface area contributed by atoms with Crippen molar-refractivity contribution in [3.05, 3.63) is 63.2 Å². The second-order valence-corrected chi connectivity index (χ2v) is 5.40. The summed E-state index contributed by atoms with van der Waals surface area (Å²) in [7, 11) is 0. The summed E-state index contributed by atoms with van der Waals surface area (Å²) in [5.41, 5.74) is 2.00. The van der Waals surface area contributed by atoms with Crippen LogP contribution in [0.15, 0.2) is 36.4 Å². The molecule has 114 valence electrons. The van der Waals surface area contributed by atoms with Gasteiger partial charge < -0.3 is 4.74 Å². The summed E-state index contributed by atoms with van der Waals surface area (Å²) < 4.78 is 5.79. The van der Waals surface area contributed by atoms with Gasteiger partial charge in [0, 0.05) is 11.6 Å². The fourth-order valence-electron chi connectivity index (χ4n) is 2.16. The Balaban J connectivity index is 2.49. The molecule has 2 rings (SSSR count). The minimum Gasteiger partial charge on any atom is -0.450 e. The Hall–Kier alpha value is -2.69. The van der Waals surface area contributed by atoms with E-state index in [9.17, 15) is 14.9 Å². The molecule has 0 saturated carbocycles. The summed E-state index contributed by atoms with van der Waals surface area (Å²) in [6.07, 6.45) is 0.572. The lowest BCUT2D eigenvalue weighted by Crippen LogP contribution is -1.98. The Morgan fingerprint density at radius 2 is 1.86 bits per heavy atom. The first-order chi connectivity index (χ1) is 10.4. The summed E-state index contributed by atoms with van der Waals surface area (Å²) in [5, 5.41) is 11.2. The zero-order valence-electron chi connectivity index (χ0n) is 12.7. The first-order valence-electron chi connectivity index (χ1n) is 6.94. The van der Waals surface area contributed by atoms with Crippen molar-refractivity contribution >= 4 is 12.0 Å². The molecule has 0 unspecified atom stereocenters. The van der Waals surface area contributed by atoms with Gasteiger partial charge in [-0.1, -0.05) is 26.0 Å². The van der Waals surface area contributed by atoms with Gasteiger partial charge in [-0.25, -0.2) is 0 Å². The van der Waals surface area contributed by atoms with Crippen LogP contribution in [-0.4, -0.2) is 11.2 Å². The first-order valence-corrected chi connectivity index (χ1v) is 6.94. The zero-order valence-corrected chi connectivity index (χ0v) is 12.7. The minimum atomic E-state index is -0.548. The van der Waals surface area contributed by atoms with Crippen LogP contribution in [0.5, 0.6) is 11.5 Å². The van der Waals surface area contributed by atoms with Crippen LogP contribution in [-0.2, 0) is 0 Å². The Morgan fingerprint density at radius 1 is 1.14 bits per heavy atom. The summed E-state index contributed by atoms with van der Waals surface area (Å²) in [6.45, 7) is 5.99. The Kier molecular flexibility index (Phi) is 4.56. The van der Waals surface area contributed by atoms with Crippen molar-refractivity contribution in [3.8, 4) is 11.5 Å². The fraction of sp³-hybridized carbons (Fsp3) is 0.235. The molecule has 0 aliphatic heterocycles. The molecule has 5 nitrogen and oxygen atoms in total. The Bertz CT molecular complexity index is 723. The zero-order chi connectivity index (χ0) is 16.3. The van der Waals surface area contributed by atoms with E-state index in [1.807, 2.05) is 39.0 Å². The molecule has 0 N–H and O–H groups in total. The third kappa shape index (κ3) is 3.31. The molecule has 5 heteroatoms. The lowest BCUT2D eigenvalue weighted by Gasteiger charge is -2.14. The number of nitro benzene ring substituents is 1. The predicted molar refractivity (Wildman–Crippen MR) is 83.8 cm³/mol. The minimum absolute atomic E-state index is 0.128. The summed E-state index contributed by atoms with van der Waals surface area (Å²) in [6, 6.07) is 9.96. The van der Waals surface area contributed by atoms with Gasteiger partial charge in [-0.05, 0) is 42.2 Å². The molecule has 0 aliphatic rings. The Labute approximate surface area is 128 Å². The lowest BCUT2D eigenvalue weighted by molar-refractivity contribution is -0.385. The summed E-state index contributed by atoms with van der Waals surface area (Å²) in [4.78, 5) is 21.4. The van der Waals surface area contributed by atoms with E-state index in [4.69, 9.17) is 4.74 Å². The van der Waals surface area contributed by atoms with E-state index in [1.165, 1.54) is 18.2 Å². The lowest BCUT2D eigenvalue weighted by atomic mass is 10.0. The van der Waals surface area contributed by atoms with Gasteiger partial charge >= 0.3 is 5.69 Å². The maximum Gasteiger partial charge on any atom is 0.312 e. The molecule has 22 heavy (non-hydrogen) atoms. The van der Waals surface area contributed by atoms with Gasteiger partial charge in [0.15, 0.2) is 0 Å². The number of aryl methyl sites for hydroxylation is 1. The molecule has 0 heterocycles. The van der Waals surface area contributed by atoms with E-state index in [0.717, 1.165) is 11.1 Å². The van der Waals surface area contributed by atoms with E-state index in [1.54, 1.807) is 0 Å². The number of carbonyl (C=O) groups is 1. The van der Waals surface area contributed by atoms with Gasteiger partial charge in [0.05, 0.1) is 4.92 Å². The smallest absolute Gasteiger partial charge is 0.312 e. The van der Waals surface area contributed by atoms with Crippen molar-refractivity contribution in [2.24, 2.45) is 0 Å². The maximum atomic E-state index is 11.2. The van der Waals surface area contributed by atoms with Crippen LogP contribution in [0.3, 0.4) is 0 Å². The third-order valence-electron chi connectivity index (χ3n) is 3.33. The number of nitrogens with zero attached hydrogens (tertiary/aromatic N) is 1. The van der Waals surface area contributed by atoms with Gasteiger partial charge in [0.2, 0.25) is 5.75 Å². The van der Waals surface area contributed by atoms with Crippen molar-refractivity contribution in [2.45, 2.75) is 26.7 Å². The molecule has 0 amide bonds. The standard InChI is InChI=1S/C17H17NO4/c1-11(2)14-6-4-12(3)8-17(14)22-16-7-5-13(10-19)9-15(16)18(20)21/h4-11H,1-3H3. The largest absolute Gasteiger partial charge is 0.450 e. The SMILES string of the molecule is Cc1ccc(C(C)C)c(Oc2ccc(C=O)cc2[N+](=O)[O-])c1. The van der Waals surface area contributed by atoms with Crippen LogP contribution in [0, 0.1) is 17.0 Å². The number of aldehydes is 1. The average Bonchev–Trinajstić information content (AvgIpc) is 2.47. The van der Waals surface area contributed by atoms with Crippen molar-refractivity contribution < 1.29 is 14.5 Å². The summed E-state index contributed by atoms with van der Waals surface area (Å²) in [5.74, 6) is 0.948. The third-order valence-corrected chi connectivity index (χ3v) is 3.33. The molecule has 2 aromatic carbocycles. The van der Waals surface area contributed by atoms with Crippen molar-refractivity contribution in [1.82, 2.24) is 0 Å². The highest BCUT2D eigenvalue weighted by molar-refractivity contribution is 5.77. The highest BCUT2D eigenvalue weighted by Crippen LogP contribution is 2.36. The monoisotopic (exact) mass is 299 g/mol. The van der Waals surface area contributed by atoms with Gasteiger partial charge in [0.25, 0.3) is 0 Å². The van der Waals surface area contributed by atoms with Crippen molar-refractivity contribution in [1.29, 1.82) is 0 Å². The maximum absolute atomic E-state index is 11.2. The van der Waals surface area contributed by atoms with E-state index in [0.29, 0.717) is 12.0 Å². The molecule has 0 aliphatic carbocycles. The van der Waals surface area contributed by atoms with Crippen LogP contribution in [0.25, 0.3) is 0 Å². The molecule has 0 spiro atoms. The van der Waals surface area contributed by atoms with Crippen molar-refractivity contribution in [2.75, 3.05) is 0 Å². The van der Waals surface area contributed by atoms with Crippen LogP contribution < -0.4 is 4.74 Å². The normalized spacial score (nSPS) is 10.5. The number of carbonyl (C=O) groups excluding carboxylic acids is 1. The van der Waals surface area contributed by atoms with E-state index < -0.39 is 4.92 Å². The Morgan fingerprint density at radius 3 is 2.45 bits per heavy atom. The summed E-state index contributed by atoms with van der Waals surface area (Å²) >= 11 is 0. The number of hydrogen-bond donors (Lipinski definition) is 0. The molecule has 0 aromatic heterocycles. The van der Waals surface area contributed by atoms with Gasteiger partial charge in [-0.3, -0.25) is 14.9 Å². The van der Waals surface area contributed by atoms with Crippen LogP contribution in [0.1, 0.15) is 41.3 Å². The number of ether oxygens (including phenoxy) is 1. The number of nitro groups is 1. The number of hydrogen-bond acceptors (Lipinski definition) is 4. The molecule has 0 bridgehead atoms. The van der Waals surface area contributed by atoms with Gasteiger partial charge in [-0.2, -0.15) is 0 Å². The van der Waals surface area contributed by atoms with Gasteiger partial charge in [-0.15, -0.1) is 0 Å². The van der Waals surface area contributed by atoms with Gasteiger partial charge in [0.1, 0.15) is 12.0 Å². The molecule has 0 saturated heterocycles. The molecule has 2 aromatic rings. The highest BCUT2D eigenvalue weighted by atomic mass is 16.6. The van der Waals surface area contributed by atoms with Crippen LogP contribution >= 0.6 is 0 Å². The average molecular weight is 299 g/mol. The van der Waals surface area contributed by atoms with E-state index in [-0.39, 0.29) is 22.9 Å². The highest BCUT2D eigenvalue weighted by Gasteiger charge is 2.18. The van der Waals surface area contributed by atoms with E-state index in [2.05, 4.69) is 0 Å². The fourth-order valence-corrected chi connectivity index (χ4v) is 2.16. The predicted octanol–water partition coefficient (Wildman–Crippen LogP) is 4.63. The molecule has 0 fully saturated rings. The van der Waals surface area contributed by atoms with Crippen molar-refractivity contribution in [3.63, 3.8) is 0 Å². The molecular formula is C17H17NO4. The topological polar surface area (TPSA) is 69.4 Å². The second-order valence-electron chi connectivity index (χ2n) is 5.40.